The van der Waals surface area contributed by atoms with Crippen LogP contribution < -0.4 is 4.90 Å². The first-order chi connectivity index (χ1) is 7.83. The second kappa shape index (κ2) is 3.68. The van der Waals surface area contributed by atoms with Crippen LogP contribution in [0.4, 0.5) is 5.82 Å². The molecule has 1 saturated heterocycles. The minimum absolute atomic E-state index is 0.237. The standard InChI is InChI=1S/C11H12N4O/c16-8-3-6-15(7-8)10-2-1-9-11(14-10)13-5-4-12-9/h1-2,4-5,8,16H,3,6-7H2. The lowest BCUT2D eigenvalue weighted by molar-refractivity contribution is 0.198. The molecule has 0 aliphatic carbocycles. The average Bonchev–Trinajstić information content (AvgIpc) is 2.75. The fourth-order valence-corrected chi connectivity index (χ4v) is 1.97. The number of β-amino-alcohol motifs (C(OH)–C–C–N with tert-alkyl or cyclic N) is 1. The van der Waals surface area contributed by atoms with E-state index in [1.165, 1.54) is 0 Å². The van der Waals surface area contributed by atoms with Crippen molar-refractivity contribution >= 4 is 17.0 Å². The zero-order valence-corrected chi connectivity index (χ0v) is 8.74. The molecule has 2 aromatic rings. The van der Waals surface area contributed by atoms with Crippen molar-refractivity contribution in [1.29, 1.82) is 0 Å². The Morgan fingerprint density at radius 3 is 2.94 bits per heavy atom. The van der Waals surface area contributed by atoms with Gasteiger partial charge in [-0.15, -0.1) is 0 Å². The lowest BCUT2D eigenvalue weighted by Crippen LogP contribution is -2.22. The minimum Gasteiger partial charge on any atom is -0.391 e. The molecule has 0 radical (unpaired) electrons. The van der Waals surface area contributed by atoms with Crippen molar-refractivity contribution in [1.82, 2.24) is 15.0 Å². The highest BCUT2D eigenvalue weighted by Gasteiger charge is 2.21. The van der Waals surface area contributed by atoms with E-state index < -0.39 is 0 Å². The van der Waals surface area contributed by atoms with E-state index in [2.05, 4.69) is 19.9 Å². The van der Waals surface area contributed by atoms with Crippen molar-refractivity contribution in [3.05, 3.63) is 24.5 Å². The number of hydrogen-bond donors (Lipinski definition) is 1. The number of aliphatic hydroxyl groups is 1. The molecule has 16 heavy (non-hydrogen) atoms. The first-order valence-electron chi connectivity index (χ1n) is 5.34. The molecule has 1 aliphatic heterocycles. The Morgan fingerprint density at radius 1 is 1.25 bits per heavy atom. The van der Waals surface area contributed by atoms with Crippen molar-refractivity contribution in [2.45, 2.75) is 12.5 Å². The molecule has 82 valence electrons. The van der Waals surface area contributed by atoms with E-state index in [1.54, 1.807) is 12.4 Å². The van der Waals surface area contributed by atoms with Gasteiger partial charge in [-0.25, -0.2) is 9.97 Å². The van der Waals surface area contributed by atoms with Gasteiger partial charge in [0.2, 0.25) is 0 Å². The summed E-state index contributed by atoms with van der Waals surface area (Å²) < 4.78 is 0. The van der Waals surface area contributed by atoms with Gasteiger partial charge in [0, 0.05) is 25.5 Å². The Labute approximate surface area is 92.8 Å². The molecule has 5 nitrogen and oxygen atoms in total. The largest absolute Gasteiger partial charge is 0.391 e. The minimum atomic E-state index is -0.237. The highest BCUT2D eigenvalue weighted by Crippen LogP contribution is 2.19. The monoisotopic (exact) mass is 216 g/mol. The fourth-order valence-electron chi connectivity index (χ4n) is 1.97. The molecule has 5 heteroatoms. The van der Waals surface area contributed by atoms with Gasteiger partial charge in [0.25, 0.3) is 0 Å². The average molecular weight is 216 g/mol. The Morgan fingerprint density at radius 2 is 2.12 bits per heavy atom. The molecule has 0 amide bonds. The number of pyridine rings is 1. The van der Waals surface area contributed by atoms with Gasteiger partial charge in [-0.2, -0.15) is 0 Å². The van der Waals surface area contributed by atoms with E-state index in [-0.39, 0.29) is 6.10 Å². The molecule has 3 rings (SSSR count). The van der Waals surface area contributed by atoms with Gasteiger partial charge in [-0.05, 0) is 18.6 Å². The van der Waals surface area contributed by atoms with E-state index in [1.807, 2.05) is 12.1 Å². The van der Waals surface area contributed by atoms with Crippen LogP contribution in [-0.2, 0) is 0 Å². The molecule has 2 aromatic heterocycles. The van der Waals surface area contributed by atoms with Crippen LogP contribution in [0.3, 0.4) is 0 Å². The number of nitrogens with zero attached hydrogens (tertiary/aromatic N) is 4. The number of fused-ring (bicyclic) bond motifs is 1. The highest BCUT2D eigenvalue weighted by atomic mass is 16.3. The van der Waals surface area contributed by atoms with Crippen LogP contribution in [0.2, 0.25) is 0 Å². The van der Waals surface area contributed by atoms with E-state index in [9.17, 15) is 5.11 Å². The summed E-state index contributed by atoms with van der Waals surface area (Å²) >= 11 is 0. The summed E-state index contributed by atoms with van der Waals surface area (Å²) in [6.07, 6.45) is 3.86. The SMILES string of the molecule is OC1CCN(c2ccc3nccnc3n2)C1. The summed E-state index contributed by atoms with van der Waals surface area (Å²) in [6.45, 7) is 1.50. The van der Waals surface area contributed by atoms with Crippen LogP contribution in [0.15, 0.2) is 24.5 Å². The molecule has 0 spiro atoms. The Balaban J connectivity index is 1.99. The first kappa shape index (κ1) is 9.47. The van der Waals surface area contributed by atoms with Crippen LogP contribution in [0.25, 0.3) is 11.2 Å². The predicted molar refractivity (Wildman–Crippen MR) is 60.2 cm³/mol. The molecular weight excluding hydrogens is 204 g/mol. The van der Waals surface area contributed by atoms with Crippen molar-refractivity contribution in [3.63, 3.8) is 0 Å². The van der Waals surface area contributed by atoms with Gasteiger partial charge in [-0.1, -0.05) is 0 Å². The molecule has 3 heterocycles. The van der Waals surface area contributed by atoms with Crippen molar-refractivity contribution < 1.29 is 5.11 Å². The number of rotatable bonds is 1. The maximum absolute atomic E-state index is 9.48. The normalized spacial score (nSPS) is 20.6. The molecule has 0 aromatic carbocycles. The smallest absolute Gasteiger partial charge is 0.180 e. The Kier molecular flexibility index (Phi) is 2.18. The lowest BCUT2D eigenvalue weighted by Gasteiger charge is -2.16. The van der Waals surface area contributed by atoms with Gasteiger partial charge >= 0.3 is 0 Å². The quantitative estimate of drug-likeness (QED) is 0.756. The summed E-state index contributed by atoms with van der Waals surface area (Å²) in [6, 6.07) is 3.84. The van der Waals surface area contributed by atoms with Crippen LogP contribution >= 0.6 is 0 Å². The summed E-state index contributed by atoms with van der Waals surface area (Å²) in [4.78, 5) is 14.8. The van der Waals surface area contributed by atoms with E-state index in [0.29, 0.717) is 12.2 Å². The molecular formula is C11H12N4O. The summed E-state index contributed by atoms with van der Waals surface area (Å²) in [5.74, 6) is 0.865. The fraction of sp³-hybridized carbons (Fsp3) is 0.364. The second-order valence-electron chi connectivity index (χ2n) is 3.96. The number of aromatic nitrogens is 3. The van der Waals surface area contributed by atoms with Crippen LogP contribution in [0.5, 0.6) is 0 Å². The van der Waals surface area contributed by atoms with E-state index in [0.717, 1.165) is 24.3 Å². The van der Waals surface area contributed by atoms with Crippen molar-refractivity contribution in [2.24, 2.45) is 0 Å². The lowest BCUT2D eigenvalue weighted by atomic mass is 10.3. The van der Waals surface area contributed by atoms with Gasteiger partial charge in [0.15, 0.2) is 5.65 Å². The molecule has 1 atom stereocenters. The van der Waals surface area contributed by atoms with E-state index >= 15 is 0 Å². The zero-order chi connectivity index (χ0) is 11.0. The van der Waals surface area contributed by atoms with Crippen molar-refractivity contribution in [2.75, 3.05) is 18.0 Å². The maximum atomic E-state index is 9.48. The van der Waals surface area contributed by atoms with Crippen LogP contribution in [0, 0.1) is 0 Å². The Hall–Kier alpha value is -1.75. The highest BCUT2D eigenvalue weighted by molar-refractivity contribution is 5.71. The summed E-state index contributed by atoms with van der Waals surface area (Å²) in [7, 11) is 0. The number of aliphatic hydroxyl groups excluding tert-OH is 1. The Bertz CT molecular complexity index is 516. The molecule has 1 aliphatic rings. The van der Waals surface area contributed by atoms with E-state index in [4.69, 9.17) is 0 Å². The summed E-state index contributed by atoms with van der Waals surface area (Å²) in [5, 5.41) is 9.48. The third-order valence-corrected chi connectivity index (χ3v) is 2.80. The molecule has 0 bridgehead atoms. The maximum Gasteiger partial charge on any atom is 0.180 e. The van der Waals surface area contributed by atoms with Gasteiger partial charge in [-0.3, -0.25) is 4.98 Å². The van der Waals surface area contributed by atoms with Crippen LogP contribution in [-0.4, -0.2) is 39.3 Å². The predicted octanol–water partition coefficient (Wildman–Crippen LogP) is 0.596. The summed E-state index contributed by atoms with van der Waals surface area (Å²) in [5.41, 5.74) is 1.45. The molecule has 1 fully saturated rings. The molecule has 0 saturated carbocycles. The number of hydrogen-bond acceptors (Lipinski definition) is 5. The zero-order valence-electron chi connectivity index (χ0n) is 8.74. The van der Waals surface area contributed by atoms with Gasteiger partial charge in [0.05, 0.1) is 6.10 Å². The first-order valence-corrected chi connectivity index (χ1v) is 5.34. The molecule has 1 N–H and O–H groups in total. The number of anilines is 1. The van der Waals surface area contributed by atoms with Crippen molar-refractivity contribution in [3.8, 4) is 0 Å². The van der Waals surface area contributed by atoms with Gasteiger partial charge < -0.3 is 10.0 Å². The topological polar surface area (TPSA) is 62.1 Å². The second-order valence-corrected chi connectivity index (χ2v) is 3.96. The van der Waals surface area contributed by atoms with Crippen LogP contribution in [0.1, 0.15) is 6.42 Å². The van der Waals surface area contributed by atoms with Gasteiger partial charge in [0.1, 0.15) is 11.3 Å². The third kappa shape index (κ3) is 1.59. The third-order valence-electron chi connectivity index (χ3n) is 2.80. The molecule has 1 unspecified atom stereocenters.